The van der Waals surface area contributed by atoms with Gasteiger partial charge in [-0.2, -0.15) is 0 Å². The summed E-state index contributed by atoms with van der Waals surface area (Å²) in [6.07, 6.45) is 25.5. The zero-order valence-corrected chi connectivity index (χ0v) is 27.9. The van der Waals surface area contributed by atoms with E-state index in [1.54, 1.807) is 5.57 Å². The number of thioether (sulfide) groups is 1. The molecule has 0 saturated carbocycles. The Morgan fingerprint density at radius 2 is 1.56 bits per heavy atom. The zero-order valence-electron chi connectivity index (χ0n) is 27.1. The molecule has 1 aliphatic carbocycles. The zero-order chi connectivity index (χ0) is 30.4. The van der Waals surface area contributed by atoms with E-state index < -0.39 is 0 Å². The fraction of sp³-hybridized carbons (Fsp3) is 0.381. The Morgan fingerprint density at radius 3 is 2.33 bits per heavy atom. The summed E-state index contributed by atoms with van der Waals surface area (Å²) in [6, 6.07) is 25.0. The normalized spacial score (nSPS) is 14.7. The lowest BCUT2D eigenvalue weighted by molar-refractivity contribution is 0.593. The molecule has 0 nitrogen and oxygen atoms in total. The molecule has 0 fully saturated rings. The largest absolute Gasteiger partial charge is 0.129 e. The molecule has 0 heterocycles. The van der Waals surface area contributed by atoms with E-state index in [1.165, 1.54) is 107 Å². The smallest absolute Gasteiger partial charge is 0.0142 e. The molecule has 1 unspecified atom stereocenters. The van der Waals surface area contributed by atoms with Crippen LogP contribution >= 0.6 is 11.8 Å². The van der Waals surface area contributed by atoms with Crippen molar-refractivity contribution in [2.45, 2.75) is 97.3 Å². The summed E-state index contributed by atoms with van der Waals surface area (Å²) >= 11 is 1.83. The maximum absolute atomic E-state index is 4.34. The van der Waals surface area contributed by atoms with Gasteiger partial charge in [0.1, 0.15) is 0 Å². The first-order chi connectivity index (χ1) is 21.1. The fourth-order valence-electron chi connectivity index (χ4n) is 6.43. The van der Waals surface area contributed by atoms with Gasteiger partial charge in [-0.25, -0.2) is 0 Å². The van der Waals surface area contributed by atoms with Crippen LogP contribution in [0.4, 0.5) is 0 Å². The van der Waals surface area contributed by atoms with Gasteiger partial charge < -0.3 is 0 Å². The third kappa shape index (κ3) is 8.99. The van der Waals surface area contributed by atoms with E-state index in [-0.39, 0.29) is 0 Å². The van der Waals surface area contributed by atoms with Crippen LogP contribution in [0.3, 0.4) is 0 Å². The Hall–Kier alpha value is -3.03. The summed E-state index contributed by atoms with van der Waals surface area (Å²) in [7, 11) is 0. The Labute approximate surface area is 266 Å². The van der Waals surface area contributed by atoms with Gasteiger partial charge in [0.05, 0.1) is 0 Å². The van der Waals surface area contributed by atoms with Gasteiger partial charge in [0, 0.05) is 10.8 Å². The predicted molar refractivity (Wildman–Crippen MR) is 195 cm³/mol. The minimum Gasteiger partial charge on any atom is -0.129 e. The Balaban J connectivity index is 1.71. The summed E-state index contributed by atoms with van der Waals surface area (Å²) in [6.45, 7) is 11.1. The number of rotatable bonds is 16. The van der Waals surface area contributed by atoms with Crippen molar-refractivity contribution in [1.82, 2.24) is 0 Å². The molecule has 0 N–H and O–H groups in total. The molecule has 0 bridgehead atoms. The highest BCUT2D eigenvalue weighted by atomic mass is 32.2. The van der Waals surface area contributed by atoms with Crippen LogP contribution in [-0.2, 0) is 0 Å². The van der Waals surface area contributed by atoms with Gasteiger partial charge in [-0.05, 0) is 94.0 Å². The van der Waals surface area contributed by atoms with Crippen LogP contribution in [-0.4, -0.2) is 6.26 Å². The van der Waals surface area contributed by atoms with E-state index >= 15 is 0 Å². The molecule has 1 heteroatoms. The molecule has 0 aliphatic heterocycles. The van der Waals surface area contributed by atoms with Crippen LogP contribution in [0, 0.1) is 6.92 Å². The highest BCUT2D eigenvalue weighted by Crippen LogP contribution is 2.37. The second-order valence-corrected chi connectivity index (χ2v) is 12.9. The first kappa shape index (κ1) is 32.9. The molecule has 1 atom stereocenters. The van der Waals surface area contributed by atoms with Gasteiger partial charge in [0.2, 0.25) is 0 Å². The number of fused-ring (bicyclic) bond motifs is 2. The maximum Gasteiger partial charge on any atom is 0.0142 e. The van der Waals surface area contributed by atoms with Crippen molar-refractivity contribution in [3.8, 4) is 0 Å². The van der Waals surface area contributed by atoms with Gasteiger partial charge in [0.15, 0.2) is 0 Å². The summed E-state index contributed by atoms with van der Waals surface area (Å²) in [5, 5.41) is 2.86. The molecular formula is C42H52S. The predicted octanol–water partition coefficient (Wildman–Crippen LogP) is 11.4. The van der Waals surface area contributed by atoms with Crippen LogP contribution in [0.2, 0.25) is 0 Å². The molecule has 0 spiro atoms. The van der Waals surface area contributed by atoms with E-state index in [1.807, 2.05) is 11.8 Å². The van der Waals surface area contributed by atoms with Gasteiger partial charge in [-0.15, -0.1) is 11.8 Å². The van der Waals surface area contributed by atoms with Gasteiger partial charge in [0.25, 0.3) is 0 Å². The number of benzene rings is 3. The summed E-state index contributed by atoms with van der Waals surface area (Å²) in [4.78, 5) is 1.30. The highest BCUT2D eigenvalue weighted by Gasteiger charge is 2.20. The lowest BCUT2D eigenvalue weighted by atomic mass is 9.85. The molecule has 226 valence electrons. The van der Waals surface area contributed by atoms with Crippen molar-refractivity contribution in [2.24, 2.45) is 0 Å². The maximum atomic E-state index is 4.34. The standard InChI is InChI=1S/C42H52S/c1-6-8-10-12-13-22-35-30-34-23-16-18-25-38(34)39(26-14-11-9-7-2)40-29-28-36(31-41(35)40)42(43-5)27-19-21-33(4)37-24-17-15-20-32(37)3/h15-21,23-25,27-31,35H,4,6-14,22,26H2,1-3,5H3/b21-19+,42-27-. The van der Waals surface area contributed by atoms with Crippen LogP contribution in [0.25, 0.3) is 22.1 Å². The third-order valence-corrected chi connectivity index (χ3v) is 9.69. The molecule has 0 aromatic heterocycles. The monoisotopic (exact) mass is 588 g/mol. The number of hydrogen-bond donors (Lipinski definition) is 0. The minimum absolute atomic E-state index is 0.436. The van der Waals surface area contributed by atoms with Crippen molar-refractivity contribution < 1.29 is 0 Å². The quantitative estimate of drug-likeness (QED) is 0.118. The van der Waals surface area contributed by atoms with Crippen molar-refractivity contribution >= 4 is 33.9 Å². The first-order valence-corrected chi connectivity index (χ1v) is 17.9. The van der Waals surface area contributed by atoms with E-state index in [2.05, 4.69) is 125 Å². The van der Waals surface area contributed by atoms with Crippen LogP contribution in [0.15, 0.2) is 91.5 Å². The van der Waals surface area contributed by atoms with E-state index in [0.29, 0.717) is 5.92 Å². The molecule has 1 aliphatic rings. The van der Waals surface area contributed by atoms with Gasteiger partial charge >= 0.3 is 0 Å². The van der Waals surface area contributed by atoms with Crippen molar-refractivity contribution in [3.63, 3.8) is 0 Å². The van der Waals surface area contributed by atoms with Crippen LogP contribution in [0.5, 0.6) is 0 Å². The molecule has 0 radical (unpaired) electrons. The van der Waals surface area contributed by atoms with Crippen LogP contribution in [0.1, 0.15) is 118 Å². The third-order valence-electron chi connectivity index (χ3n) is 8.88. The summed E-state index contributed by atoms with van der Waals surface area (Å²) in [5.41, 5.74) is 9.38. The molecule has 0 saturated heterocycles. The molecular weight excluding hydrogens is 537 g/mol. The molecule has 43 heavy (non-hydrogen) atoms. The second-order valence-electron chi connectivity index (χ2n) is 12.1. The molecule has 4 rings (SSSR count). The lowest BCUT2D eigenvalue weighted by Gasteiger charge is -2.20. The number of allylic oxidation sites excluding steroid dienone is 4. The van der Waals surface area contributed by atoms with E-state index in [0.717, 1.165) is 12.0 Å². The molecule has 3 aromatic carbocycles. The van der Waals surface area contributed by atoms with Crippen molar-refractivity contribution in [1.29, 1.82) is 0 Å². The SMILES string of the molecule is C=C(/C=C/C=C(\SC)c1ccc2c(c1)C(CCCCCCC)C=c1ccccc1=C2CCCCCC)c1ccccc1C. The lowest BCUT2D eigenvalue weighted by Crippen LogP contribution is -2.26. The van der Waals surface area contributed by atoms with Crippen molar-refractivity contribution in [3.05, 3.63) is 130 Å². The van der Waals surface area contributed by atoms with Gasteiger partial charge in [-0.3, -0.25) is 0 Å². The van der Waals surface area contributed by atoms with E-state index in [9.17, 15) is 0 Å². The minimum atomic E-state index is 0.436. The average Bonchev–Trinajstić information content (AvgIpc) is 3.15. The van der Waals surface area contributed by atoms with Crippen LogP contribution < -0.4 is 10.4 Å². The summed E-state index contributed by atoms with van der Waals surface area (Å²) in [5.74, 6) is 0.436. The second kappa shape index (κ2) is 17.3. The Morgan fingerprint density at radius 1 is 0.837 bits per heavy atom. The summed E-state index contributed by atoms with van der Waals surface area (Å²) < 4.78 is 0. The molecule has 3 aromatic rings. The van der Waals surface area contributed by atoms with E-state index in [4.69, 9.17) is 0 Å². The fourth-order valence-corrected chi connectivity index (χ4v) is 7.00. The molecule has 0 amide bonds. The highest BCUT2D eigenvalue weighted by molar-refractivity contribution is 8.07. The first-order valence-electron chi connectivity index (χ1n) is 16.7. The average molecular weight is 589 g/mol. The van der Waals surface area contributed by atoms with Crippen molar-refractivity contribution in [2.75, 3.05) is 6.26 Å². The number of aryl methyl sites for hydroxylation is 1. The van der Waals surface area contributed by atoms with Gasteiger partial charge in [-0.1, -0.05) is 151 Å². The Bertz CT molecular complexity index is 1530. The number of hydrogen-bond acceptors (Lipinski definition) is 1. The number of unbranched alkanes of at least 4 members (excludes halogenated alkanes) is 7. The Kier molecular flexibility index (Phi) is 13.2. The topological polar surface area (TPSA) is 0 Å².